The summed E-state index contributed by atoms with van der Waals surface area (Å²) < 4.78 is 10.5. The molecule has 0 radical (unpaired) electrons. The fourth-order valence-corrected chi connectivity index (χ4v) is 3.53. The lowest BCUT2D eigenvalue weighted by Crippen LogP contribution is -2.47. The van der Waals surface area contributed by atoms with Crippen LogP contribution in [0, 0.1) is 0 Å². The highest BCUT2D eigenvalue weighted by Gasteiger charge is 2.39. The molecule has 3 rings (SSSR count). The Labute approximate surface area is 171 Å². The summed E-state index contributed by atoms with van der Waals surface area (Å²) in [6, 6.07) is 5.10. The first-order chi connectivity index (χ1) is 12.7. The maximum atomic E-state index is 12.4. The van der Waals surface area contributed by atoms with E-state index >= 15 is 0 Å². The Bertz CT molecular complexity index is 790. The van der Waals surface area contributed by atoms with Crippen molar-refractivity contribution in [3.63, 3.8) is 0 Å². The summed E-state index contributed by atoms with van der Waals surface area (Å²) in [4.78, 5) is 24.6. The van der Waals surface area contributed by atoms with Crippen molar-refractivity contribution in [1.82, 2.24) is 16.0 Å². The number of fused-ring (bicyclic) bond motifs is 1. The van der Waals surface area contributed by atoms with Crippen molar-refractivity contribution in [3.8, 4) is 11.5 Å². The monoisotopic (exact) mass is 409 g/mol. The van der Waals surface area contributed by atoms with Gasteiger partial charge >= 0.3 is 0 Å². The molecule has 0 aliphatic carbocycles. The van der Waals surface area contributed by atoms with Gasteiger partial charge in [0.15, 0.2) is 11.5 Å². The zero-order chi connectivity index (χ0) is 19.7. The minimum Gasteiger partial charge on any atom is -0.454 e. The molecule has 2 aliphatic heterocycles. The molecule has 2 aliphatic rings. The van der Waals surface area contributed by atoms with Gasteiger partial charge in [0, 0.05) is 35.3 Å². The van der Waals surface area contributed by atoms with Gasteiger partial charge < -0.3 is 20.1 Å². The van der Waals surface area contributed by atoms with E-state index in [0.29, 0.717) is 36.6 Å². The Balaban J connectivity index is 0.00000280. The second-order valence-corrected chi connectivity index (χ2v) is 7.96. The number of nitrogens with one attached hydrogen (secondary N) is 3. The molecule has 0 spiro atoms. The SMILES string of the molecule is CC1(C)C=C(C(=O)NCCCNC(=O)c2ccc3c(c2)OCO3)C(C)(C)N1.Cl. The first kappa shape index (κ1) is 22.0. The molecule has 0 saturated carbocycles. The third kappa shape index (κ3) is 4.97. The van der Waals surface area contributed by atoms with Crippen molar-refractivity contribution in [2.45, 2.75) is 45.2 Å². The number of rotatable bonds is 6. The van der Waals surface area contributed by atoms with Crippen LogP contribution in [-0.2, 0) is 4.79 Å². The van der Waals surface area contributed by atoms with E-state index in [1.165, 1.54) is 0 Å². The van der Waals surface area contributed by atoms with E-state index in [2.05, 4.69) is 16.0 Å². The molecule has 0 bridgehead atoms. The van der Waals surface area contributed by atoms with Crippen molar-refractivity contribution in [2.24, 2.45) is 0 Å². The number of hydrogen-bond donors (Lipinski definition) is 3. The van der Waals surface area contributed by atoms with Crippen LogP contribution in [-0.4, -0.2) is 42.8 Å². The van der Waals surface area contributed by atoms with Gasteiger partial charge in [0.25, 0.3) is 5.91 Å². The Hall–Kier alpha value is -2.25. The molecule has 2 heterocycles. The lowest BCUT2D eigenvalue weighted by molar-refractivity contribution is -0.118. The van der Waals surface area contributed by atoms with Crippen molar-refractivity contribution in [1.29, 1.82) is 0 Å². The average Bonchev–Trinajstić information content (AvgIpc) is 3.13. The highest BCUT2D eigenvalue weighted by atomic mass is 35.5. The van der Waals surface area contributed by atoms with Crippen molar-refractivity contribution < 1.29 is 19.1 Å². The van der Waals surface area contributed by atoms with E-state index < -0.39 is 0 Å². The van der Waals surface area contributed by atoms with Gasteiger partial charge in [-0.2, -0.15) is 0 Å². The van der Waals surface area contributed by atoms with E-state index in [1.54, 1.807) is 18.2 Å². The summed E-state index contributed by atoms with van der Waals surface area (Å²) in [5.74, 6) is 0.986. The lowest BCUT2D eigenvalue weighted by Gasteiger charge is -2.27. The zero-order valence-electron chi connectivity index (χ0n) is 16.7. The smallest absolute Gasteiger partial charge is 0.251 e. The molecular weight excluding hydrogens is 382 g/mol. The van der Waals surface area contributed by atoms with Crippen LogP contribution in [0.3, 0.4) is 0 Å². The van der Waals surface area contributed by atoms with Gasteiger partial charge in [0.1, 0.15) is 0 Å². The van der Waals surface area contributed by atoms with Gasteiger partial charge in [-0.05, 0) is 52.3 Å². The molecule has 2 amide bonds. The van der Waals surface area contributed by atoms with Crippen LogP contribution >= 0.6 is 12.4 Å². The standard InChI is InChI=1S/C20H27N3O4.ClH/c1-19(2)11-14(20(3,4)23-19)18(25)22-9-5-8-21-17(24)13-6-7-15-16(10-13)27-12-26-15;/h6-7,10-11,23H,5,8-9,12H2,1-4H3,(H,21,24)(H,22,25);1H. The molecule has 7 nitrogen and oxygen atoms in total. The molecule has 3 N–H and O–H groups in total. The normalized spacial score (nSPS) is 18.1. The van der Waals surface area contributed by atoms with Crippen LogP contribution in [0.2, 0.25) is 0 Å². The van der Waals surface area contributed by atoms with Gasteiger partial charge in [0.2, 0.25) is 12.7 Å². The van der Waals surface area contributed by atoms with E-state index in [-0.39, 0.29) is 42.1 Å². The fraction of sp³-hybridized carbons (Fsp3) is 0.500. The highest BCUT2D eigenvalue weighted by molar-refractivity contribution is 5.96. The molecule has 0 unspecified atom stereocenters. The minimum absolute atomic E-state index is 0. The van der Waals surface area contributed by atoms with E-state index in [0.717, 1.165) is 5.57 Å². The van der Waals surface area contributed by atoms with Crippen LogP contribution in [0.15, 0.2) is 29.8 Å². The van der Waals surface area contributed by atoms with E-state index in [1.807, 2.05) is 33.8 Å². The van der Waals surface area contributed by atoms with Crippen LogP contribution in [0.25, 0.3) is 0 Å². The number of benzene rings is 1. The summed E-state index contributed by atoms with van der Waals surface area (Å²) in [5.41, 5.74) is 0.710. The second-order valence-electron chi connectivity index (χ2n) is 7.96. The summed E-state index contributed by atoms with van der Waals surface area (Å²) in [6.07, 6.45) is 2.62. The number of carbonyl (C=O) groups is 2. The Kier molecular flexibility index (Phi) is 6.62. The molecule has 154 valence electrons. The highest BCUT2D eigenvalue weighted by Crippen LogP contribution is 2.32. The summed E-state index contributed by atoms with van der Waals surface area (Å²) in [7, 11) is 0. The van der Waals surface area contributed by atoms with Crippen LogP contribution in [0.5, 0.6) is 11.5 Å². The van der Waals surface area contributed by atoms with Gasteiger partial charge in [-0.15, -0.1) is 12.4 Å². The van der Waals surface area contributed by atoms with Gasteiger partial charge in [0.05, 0.1) is 0 Å². The zero-order valence-corrected chi connectivity index (χ0v) is 17.5. The van der Waals surface area contributed by atoms with Gasteiger partial charge in [-0.25, -0.2) is 0 Å². The van der Waals surface area contributed by atoms with E-state index in [9.17, 15) is 9.59 Å². The molecule has 0 saturated heterocycles. The van der Waals surface area contributed by atoms with Crippen molar-refractivity contribution in [2.75, 3.05) is 19.9 Å². The van der Waals surface area contributed by atoms with Gasteiger partial charge in [-0.3, -0.25) is 14.9 Å². The molecule has 28 heavy (non-hydrogen) atoms. The third-order valence-corrected chi connectivity index (χ3v) is 4.62. The largest absolute Gasteiger partial charge is 0.454 e. The molecule has 0 atom stereocenters. The topological polar surface area (TPSA) is 88.7 Å². The number of halogens is 1. The maximum Gasteiger partial charge on any atom is 0.251 e. The number of ether oxygens (including phenoxy) is 2. The quantitative estimate of drug-likeness (QED) is 0.626. The molecule has 1 aromatic carbocycles. The first-order valence-corrected chi connectivity index (χ1v) is 9.17. The minimum atomic E-state index is -0.360. The second kappa shape index (κ2) is 8.41. The molecular formula is C20H28ClN3O4. The third-order valence-electron chi connectivity index (χ3n) is 4.62. The molecule has 8 heteroatoms. The molecule has 0 fully saturated rings. The Morgan fingerprint density at radius 3 is 2.32 bits per heavy atom. The van der Waals surface area contributed by atoms with E-state index in [4.69, 9.17) is 9.47 Å². The summed E-state index contributed by atoms with van der Waals surface area (Å²) in [5, 5.41) is 9.20. The number of amides is 2. The van der Waals surface area contributed by atoms with Gasteiger partial charge in [-0.1, -0.05) is 6.08 Å². The predicted molar refractivity (Wildman–Crippen MR) is 109 cm³/mol. The maximum absolute atomic E-state index is 12.4. The Morgan fingerprint density at radius 2 is 1.68 bits per heavy atom. The number of hydrogen-bond acceptors (Lipinski definition) is 5. The summed E-state index contributed by atoms with van der Waals surface area (Å²) in [6.45, 7) is 9.23. The van der Waals surface area contributed by atoms with Crippen molar-refractivity contribution >= 4 is 24.2 Å². The fourth-order valence-electron chi connectivity index (χ4n) is 3.53. The average molecular weight is 410 g/mol. The van der Waals surface area contributed by atoms with Crippen LogP contribution in [0.4, 0.5) is 0 Å². The Morgan fingerprint density at radius 1 is 1.04 bits per heavy atom. The number of carbonyl (C=O) groups excluding carboxylic acids is 2. The molecule has 1 aromatic rings. The summed E-state index contributed by atoms with van der Waals surface area (Å²) >= 11 is 0. The van der Waals surface area contributed by atoms with Crippen LogP contribution in [0.1, 0.15) is 44.5 Å². The predicted octanol–water partition coefficient (Wildman–Crippen LogP) is 2.16. The lowest BCUT2D eigenvalue weighted by atomic mass is 9.96. The first-order valence-electron chi connectivity index (χ1n) is 9.17. The van der Waals surface area contributed by atoms with Crippen LogP contribution < -0.4 is 25.4 Å². The molecule has 0 aromatic heterocycles. The van der Waals surface area contributed by atoms with Crippen molar-refractivity contribution in [3.05, 3.63) is 35.4 Å².